The van der Waals surface area contributed by atoms with Crippen molar-refractivity contribution in [3.8, 4) is 17.0 Å². The van der Waals surface area contributed by atoms with Gasteiger partial charge in [-0.15, -0.1) is 0 Å². The molecule has 27 heavy (non-hydrogen) atoms. The number of methoxy groups -OCH3 is 1. The zero-order valence-corrected chi connectivity index (χ0v) is 14.7. The molecule has 0 aliphatic heterocycles. The zero-order valence-electron chi connectivity index (χ0n) is 14.7. The van der Waals surface area contributed by atoms with Crippen LogP contribution in [0.1, 0.15) is 5.56 Å². The first-order valence-corrected chi connectivity index (χ1v) is 8.30. The molecular weight excluding hydrogens is 349 g/mol. The third kappa shape index (κ3) is 4.38. The van der Waals surface area contributed by atoms with Crippen LogP contribution in [0.3, 0.4) is 0 Å². The molecule has 138 valence electrons. The highest BCUT2D eigenvalue weighted by Crippen LogP contribution is 2.19. The minimum Gasteiger partial charge on any atom is -0.496 e. The molecule has 2 aromatic carbocycles. The Labute approximate surface area is 155 Å². The summed E-state index contributed by atoms with van der Waals surface area (Å²) in [7, 11) is 1.55. The van der Waals surface area contributed by atoms with Crippen LogP contribution in [0.5, 0.6) is 5.75 Å². The van der Waals surface area contributed by atoms with Gasteiger partial charge in [-0.25, -0.2) is 9.07 Å². The van der Waals surface area contributed by atoms with Crippen molar-refractivity contribution in [2.75, 3.05) is 7.11 Å². The van der Waals surface area contributed by atoms with E-state index in [0.29, 0.717) is 5.75 Å². The molecule has 6 nitrogen and oxygen atoms in total. The van der Waals surface area contributed by atoms with Crippen molar-refractivity contribution in [3.63, 3.8) is 0 Å². The Kier molecular flexibility index (Phi) is 5.61. The number of nitrogens with zero attached hydrogens (tertiary/aromatic N) is 2. The molecule has 1 N–H and O–H groups in total. The fourth-order valence-electron chi connectivity index (χ4n) is 2.61. The summed E-state index contributed by atoms with van der Waals surface area (Å²) in [5.41, 5.74) is 0.919. The topological polar surface area (TPSA) is 73.2 Å². The summed E-state index contributed by atoms with van der Waals surface area (Å²) in [4.78, 5) is 24.2. The number of ether oxygens (including phenoxy) is 1. The molecule has 3 rings (SSSR count). The van der Waals surface area contributed by atoms with Gasteiger partial charge in [0.25, 0.3) is 5.56 Å². The quantitative estimate of drug-likeness (QED) is 0.726. The van der Waals surface area contributed by atoms with E-state index in [4.69, 9.17) is 4.74 Å². The summed E-state index contributed by atoms with van der Waals surface area (Å²) in [6.07, 6.45) is 0. The van der Waals surface area contributed by atoms with E-state index < -0.39 is 11.4 Å². The van der Waals surface area contributed by atoms with Crippen molar-refractivity contribution in [2.24, 2.45) is 0 Å². The summed E-state index contributed by atoms with van der Waals surface area (Å²) in [6, 6.07) is 16.1. The van der Waals surface area contributed by atoms with Crippen molar-refractivity contribution in [3.05, 3.63) is 82.4 Å². The number of aromatic nitrogens is 2. The van der Waals surface area contributed by atoms with E-state index >= 15 is 0 Å². The average Bonchev–Trinajstić information content (AvgIpc) is 2.69. The molecule has 0 atom stereocenters. The van der Waals surface area contributed by atoms with Gasteiger partial charge in [0, 0.05) is 23.7 Å². The standard InChI is InChI=1S/C20H18FN3O3/c1-27-18-9-5-2-6-14(18)12-22-19(25)13-24-20(26)11-10-17(23-24)15-7-3-4-8-16(15)21/h2-11H,12-13H2,1H3,(H,22,25). The maximum atomic E-state index is 13.9. The van der Waals surface area contributed by atoms with Gasteiger partial charge < -0.3 is 10.1 Å². The van der Waals surface area contributed by atoms with E-state index in [0.717, 1.165) is 10.2 Å². The van der Waals surface area contributed by atoms with Crippen LogP contribution >= 0.6 is 0 Å². The largest absolute Gasteiger partial charge is 0.496 e. The molecule has 7 heteroatoms. The number of hydrogen-bond donors (Lipinski definition) is 1. The summed E-state index contributed by atoms with van der Waals surface area (Å²) in [6.45, 7) is -0.0130. The predicted molar refractivity (Wildman–Crippen MR) is 98.7 cm³/mol. The van der Waals surface area contributed by atoms with E-state index in [1.165, 1.54) is 18.2 Å². The zero-order chi connectivity index (χ0) is 19.2. The third-order valence-electron chi connectivity index (χ3n) is 3.98. The van der Waals surface area contributed by atoms with Crippen molar-refractivity contribution in [1.82, 2.24) is 15.1 Å². The summed E-state index contributed by atoms with van der Waals surface area (Å²) in [5.74, 6) is -0.174. The van der Waals surface area contributed by atoms with Crippen LogP contribution < -0.4 is 15.6 Å². The Morgan fingerprint density at radius 2 is 1.85 bits per heavy atom. The SMILES string of the molecule is COc1ccccc1CNC(=O)Cn1nc(-c2ccccc2F)ccc1=O. The van der Waals surface area contributed by atoms with E-state index in [-0.39, 0.29) is 30.3 Å². The highest BCUT2D eigenvalue weighted by Gasteiger charge is 2.11. The number of hydrogen-bond acceptors (Lipinski definition) is 4. The molecule has 1 amide bonds. The number of para-hydroxylation sites is 1. The Hall–Kier alpha value is -3.48. The lowest BCUT2D eigenvalue weighted by molar-refractivity contribution is -0.122. The highest BCUT2D eigenvalue weighted by molar-refractivity contribution is 5.75. The van der Waals surface area contributed by atoms with Crippen LogP contribution in [0.25, 0.3) is 11.3 Å². The molecule has 0 spiro atoms. The first-order valence-electron chi connectivity index (χ1n) is 8.30. The molecule has 0 saturated heterocycles. The minimum atomic E-state index is -0.448. The number of rotatable bonds is 6. The summed E-state index contributed by atoms with van der Waals surface area (Å²) < 4.78 is 20.2. The van der Waals surface area contributed by atoms with Gasteiger partial charge >= 0.3 is 0 Å². The van der Waals surface area contributed by atoms with E-state index in [2.05, 4.69) is 10.4 Å². The Balaban J connectivity index is 1.73. The predicted octanol–water partition coefficient (Wildman–Crippen LogP) is 2.37. The minimum absolute atomic E-state index is 0.255. The van der Waals surface area contributed by atoms with Gasteiger partial charge in [-0.3, -0.25) is 9.59 Å². The van der Waals surface area contributed by atoms with E-state index in [1.807, 2.05) is 18.2 Å². The maximum Gasteiger partial charge on any atom is 0.267 e. The van der Waals surface area contributed by atoms with Gasteiger partial charge in [0.1, 0.15) is 18.1 Å². The van der Waals surface area contributed by atoms with Gasteiger partial charge in [0.15, 0.2) is 0 Å². The molecule has 3 aromatic rings. The Morgan fingerprint density at radius 3 is 2.63 bits per heavy atom. The lowest BCUT2D eigenvalue weighted by atomic mass is 10.1. The van der Waals surface area contributed by atoms with Crippen LogP contribution in [0.4, 0.5) is 4.39 Å². The number of amides is 1. The number of benzene rings is 2. The van der Waals surface area contributed by atoms with Crippen molar-refractivity contribution in [1.29, 1.82) is 0 Å². The second-order valence-electron chi connectivity index (χ2n) is 5.78. The van der Waals surface area contributed by atoms with Crippen LogP contribution in [-0.4, -0.2) is 22.8 Å². The van der Waals surface area contributed by atoms with E-state index in [9.17, 15) is 14.0 Å². The third-order valence-corrected chi connectivity index (χ3v) is 3.98. The van der Waals surface area contributed by atoms with Crippen LogP contribution in [-0.2, 0) is 17.9 Å². The van der Waals surface area contributed by atoms with Crippen molar-refractivity contribution < 1.29 is 13.9 Å². The summed E-state index contributed by atoms with van der Waals surface area (Å²) in [5, 5.41) is 6.84. The maximum absolute atomic E-state index is 13.9. The molecule has 0 saturated carbocycles. The number of nitrogens with one attached hydrogen (secondary N) is 1. The van der Waals surface area contributed by atoms with Crippen LogP contribution in [0.2, 0.25) is 0 Å². The normalized spacial score (nSPS) is 10.4. The molecule has 0 bridgehead atoms. The smallest absolute Gasteiger partial charge is 0.267 e. The van der Waals surface area contributed by atoms with Crippen LogP contribution in [0.15, 0.2) is 65.5 Å². The fourth-order valence-corrected chi connectivity index (χ4v) is 2.61. The molecular formula is C20H18FN3O3. The van der Waals surface area contributed by atoms with Gasteiger partial charge in [0.05, 0.1) is 12.8 Å². The van der Waals surface area contributed by atoms with Crippen molar-refractivity contribution >= 4 is 5.91 Å². The Bertz CT molecular complexity index is 1020. The molecule has 0 aliphatic carbocycles. The molecule has 0 aliphatic rings. The van der Waals surface area contributed by atoms with Gasteiger partial charge in [-0.1, -0.05) is 30.3 Å². The second-order valence-corrected chi connectivity index (χ2v) is 5.78. The molecule has 1 aromatic heterocycles. The van der Waals surface area contributed by atoms with Crippen LogP contribution in [0, 0.1) is 5.82 Å². The van der Waals surface area contributed by atoms with Crippen molar-refractivity contribution in [2.45, 2.75) is 13.1 Å². The van der Waals surface area contributed by atoms with Gasteiger partial charge in [-0.05, 0) is 24.3 Å². The first-order chi connectivity index (χ1) is 13.1. The number of carbonyl (C=O) groups is 1. The molecule has 0 fully saturated rings. The first kappa shape index (κ1) is 18.3. The number of carbonyl (C=O) groups excluding carboxylic acids is 1. The van der Waals surface area contributed by atoms with Gasteiger partial charge in [-0.2, -0.15) is 5.10 Å². The lowest BCUT2D eigenvalue weighted by Crippen LogP contribution is -2.33. The monoisotopic (exact) mass is 367 g/mol. The van der Waals surface area contributed by atoms with E-state index in [1.54, 1.807) is 31.4 Å². The fraction of sp³-hybridized carbons (Fsp3) is 0.150. The average molecular weight is 367 g/mol. The highest BCUT2D eigenvalue weighted by atomic mass is 19.1. The van der Waals surface area contributed by atoms with Gasteiger partial charge in [0.2, 0.25) is 5.91 Å². The summed E-state index contributed by atoms with van der Waals surface area (Å²) >= 11 is 0. The molecule has 1 heterocycles. The lowest BCUT2D eigenvalue weighted by Gasteiger charge is -2.11. The Morgan fingerprint density at radius 1 is 1.11 bits per heavy atom. The molecule has 0 radical (unpaired) electrons. The second kappa shape index (κ2) is 8.27. The molecule has 0 unspecified atom stereocenters. The number of halogens is 1.